The van der Waals surface area contributed by atoms with Crippen LogP contribution < -0.4 is 29.6 Å². The van der Waals surface area contributed by atoms with Gasteiger partial charge >= 0.3 is 74.1 Å². The zero-order chi connectivity index (χ0) is 66.2. The standard InChI is InChI=1S/C18H15BrS.C18H15S.2C17H20F2O7S.Na/c19-20(16-10-4-1-5-11-16,17-12-6-2-7-13-17)18-14-8-3-9-15-18;1-4-10-16(11-5-1)19(17-12-6-2-7-13-17)18-14-8-3-9-15-18;2*1-25-15(20)13-9-5-10(12-8-3-2-7(4-8)11(9)12)14(13)16(21)26-6-17(18,19)27(22,23)24;/h1-15H;1-15H;2*2-3,7-14H,4-6H2,1H3,(H,22,23,24);/q;+1;;;+1/p-1. The van der Waals surface area contributed by atoms with Crippen LogP contribution in [0.4, 0.5) is 17.6 Å². The average Bonchev–Trinajstić information content (AvgIpc) is 1.54. The predicted molar refractivity (Wildman–Crippen MR) is 342 cm³/mol. The van der Waals surface area contributed by atoms with Gasteiger partial charge in [-0.05, 0) is 184 Å². The van der Waals surface area contributed by atoms with Gasteiger partial charge in [0.05, 0.1) is 48.8 Å². The van der Waals surface area contributed by atoms with Crippen LogP contribution >= 0.6 is 23.3 Å². The number of ether oxygens (including phenoxy) is 4. The molecule has 0 amide bonds. The number of esters is 4. The Hall–Kier alpha value is -5.60. The number of hydrogen-bond acceptors (Lipinski definition) is 13. The molecule has 94 heavy (non-hydrogen) atoms. The van der Waals surface area contributed by atoms with E-state index in [1.807, 2.05) is 0 Å². The van der Waals surface area contributed by atoms with E-state index in [2.05, 4.69) is 231 Å². The summed E-state index contributed by atoms with van der Waals surface area (Å²) in [6.45, 7) is -3.63. The van der Waals surface area contributed by atoms with Gasteiger partial charge in [0, 0.05) is 14.7 Å². The summed E-state index contributed by atoms with van der Waals surface area (Å²) in [5.74, 6) is -5.02. The van der Waals surface area contributed by atoms with Gasteiger partial charge in [-0.25, -0.2) is 8.42 Å². The SMILES string of the molecule is BrS(c1ccccc1)(c1ccccc1)c1ccccc1.COC(=O)C1C2CC(C1C(=O)OCC(F)(F)S(=O)(=O)O)C1C3C=CC(C3)C21.COC(=O)C1C2CC(C1C(=O)OCC(F)(F)S(=O)(=O)[O-])C1C3C=CC(C3)C21.[Na+].c1ccc([S+](c2ccccc2)c2ccccc2)cc1. The van der Waals surface area contributed by atoms with Gasteiger partial charge in [0.15, 0.2) is 38.0 Å². The summed E-state index contributed by atoms with van der Waals surface area (Å²) < 4.78 is 134. The van der Waals surface area contributed by atoms with Crippen molar-refractivity contribution in [2.24, 2.45) is 94.7 Å². The average molecular weight is 1440 g/mol. The molecule has 8 aliphatic rings. The van der Waals surface area contributed by atoms with E-state index < -0.39 is 100.0 Å². The van der Waals surface area contributed by atoms with E-state index >= 15 is 0 Å². The van der Waals surface area contributed by atoms with E-state index in [0.29, 0.717) is 36.5 Å². The molecule has 8 aliphatic carbocycles. The molecule has 1 N–H and O–H groups in total. The van der Waals surface area contributed by atoms with Crippen molar-refractivity contribution in [3.05, 3.63) is 206 Å². The number of carbonyl (C=O) groups excluding carboxylic acids is 4. The molecule has 0 aliphatic heterocycles. The van der Waals surface area contributed by atoms with Crippen molar-refractivity contribution in [3.63, 3.8) is 0 Å². The molecule has 0 spiro atoms. The Labute approximate surface area is 578 Å². The molecule has 0 radical (unpaired) electrons. The first kappa shape index (κ1) is 71.2. The van der Waals surface area contributed by atoms with E-state index in [0.717, 1.165) is 12.8 Å². The van der Waals surface area contributed by atoms with Crippen LogP contribution in [0.25, 0.3) is 0 Å². The molecule has 16 unspecified atom stereocenters. The molecule has 6 aromatic carbocycles. The first-order valence-corrected chi connectivity index (χ1v) is 38.1. The summed E-state index contributed by atoms with van der Waals surface area (Å²) in [7, 11) is -10.6. The summed E-state index contributed by atoms with van der Waals surface area (Å²) in [6.07, 6.45) is 11.7. The van der Waals surface area contributed by atoms with Crippen LogP contribution in [0.2, 0.25) is 0 Å². The van der Waals surface area contributed by atoms with Crippen molar-refractivity contribution in [1.29, 1.82) is 0 Å². The van der Waals surface area contributed by atoms with Crippen molar-refractivity contribution in [1.82, 2.24) is 0 Å². The van der Waals surface area contributed by atoms with Gasteiger partial charge in [0.2, 0.25) is 0 Å². The Morgan fingerprint density at radius 2 is 0.713 bits per heavy atom. The van der Waals surface area contributed by atoms with Crippen molar-refractivity contribution >= 4 is 78.3 Å². The maximum Gasteiger partial charge on any atom is 1.00 e. The van der Waals surface area contributed by atoms with Crippen LogP contribution in [0, 0.1) is 94.7 Å². The maximum absolute atomic E-state index is 13.4. The topological polar surface area (TPSA) is 217 Å². The first-order valence-electron chi connectivity index (χ1n) is 30.5. The second-order valence-electron chi connectivity index (χ2n) is 24.6. The predicted octanol–water partition coefficient (Wildman–Crippen LogP) is 10.7. The maximum atomic E-state index is 13.4. The molecule has 492 valence electrons. The summed E-state index contributed by atoms with van der Waals surface area (Å²) in [6, 6.07) is 64.1. The van der Waals surface area contributed by atoms with Crippen LogP contribution in [-0.2, 0) is 69.3 Å². The Morgan fingerprint density at radius 3 is 0.968 bits per heavy atom. The third-order valence-corrected chi connectivity index (χ3v) is 30.1. The zero-order valence-electron chi connectivity index (χ0n) is 51.4. The molecule has 0 saturated heterocycles. The van der Waals surface area contributed by atoms with Crippen molar-refractivity contribution in [2.45, 2.75) is 65.6 Å². The van der Waals surface area contributed by atoms with Crippen LogP contribution in [0.3, 0.4) is 0 Å². The van der Waals surface area contributed by atoms with Crippen LogP contribution in [0.15, 0.2) is 236 Å². The molecule has 24 heteroatoms. The van der Waals surface area contributed by atoms with Gasteiger partial charge in [0.25, 0.3) is 0 Å². The summed E-state index contributed by atoms with van der Waals surface area (Å²) in [5.41, 5.74) is 0. The molecule has 0 aromatic heterocycles. The number of halogens is 5. The van der Waals surface area contributed by atoms with Crippen molar-refractivity contribution in [2.75, 3.05) is 27.4 Å². The molecule has 6 saturated carbocycles. The number of rotatable bonds is 16. The van der Waals surface area contributed by atoms with E-state index in [1.165, 1.54) is 43.6 Å². The monoisotopic (exact) mass is 1440 g/mol. The summed E-state index contributed by atoms with van der Waals surface area (Å²) >= 11 is 4.09. The Morgan fingerprint density at radius 1 is 0.457 bits per heavy atom. The second kappa shape index (κ2) is 29.2. The number of benzene rings is 6. The molecule has 0 heterocycles. The van der Waals surface area contributed by atoms with Gasteiger partial charge in [0.1, 0.15) is 0 Å². The number of allylic oxidation sites excluding steroid dienone is 4. The quantitative estimate of drug-likeness (QED) is 0.0139. The van der Waals surface area contributed by atoms with Gasteiger partial charge in [-0.1, -0.05) is 133 Å². The fourth-order valence-electron chi connectivity index (χ4n) is 16.6. The Bertz CT molecular complexity index is 3620. The molecule has 14 nitrogen and oxygen atoms in total. The minimum atomic E-state index is -5.95. The van der Waals surface area contributed by atoms with Crippen LogP contribution in [0.1, 0.15) is 25.7 Å². The third-order valence-electron chi connectivity index (χ3n) is 20.0. The van der Waals surface area contributed by atoms with E-state index in [9.17, 15) is 58.1 Å². The fourth-order valence-corrected chi connectivity index (χ4v) is 23.5. The van der Waals surface area contributed by atoms with Gasteiger partial charge in [-0.15, -0.1) is 8.46 Å². The second-order valence-corrected chi connectivity index (χ2v) is 35.1. The van der Waals surface area contributed by atoms with Crippen LogP contribution in [-0.4, -0.2) is 87.8 Å². The summed E-state index contributed by atoms with van der Waals surface area (Å²) in [5, 5.41) is -9.31. The number of alkyl halides is 4. The third kappa shape index (κ3) is 14.0. The largest absolute Gasteiger partial charge is 1.00 e. The van der Waals surface area contributed by atoms with E-state index in [1.54, 1.807) is 0 Å². The van der Waals surface area contributed by atoms with Gasteiger partial charge in [-0.2, -0.15) is 26.0 Å². The zero-order valence-corrected chi connectivity index (χ0v) is 58.2. The minimum absolute atomic E-state index is 0. The van der Waals surface area contributed by atoms with Gasteiger partial charge < -0.3 is 23.5 Å². The smallest absolute Gasteiger partial charge is 0.743 e. The number of methoxy groups -OCH3 is 2. The molecule has 8 bridgehead atoms. The molecule has 14 rings (SSSR count). The van der Waals surface area contributed by atoms with E-state index in [-0.39, 0.29) is 87.8 Å². The van der Waals surface area contributed by atoms with Crippen molar-refractivity contribution < 1.29 is 111 Å². The molecular weight excluding hydrogens is 1370 g/mol. The molecule has 6 aromatic rings. The van der Waals surface area contributed by atoms with Crippen molar-refractivity contribution in [3.8, 4) is 0 Å². The number of hydrogen-bond donors (Lipinski definition) is 1. The molecule has 6 fully saturated rings. The number of carbonyl (C=O) groups is 4. The van der Waals surface area contributed by atoms with E-state index in [4.69, 9.17) is 14.0 Å². The number of fused-ring (bicyclic) bond motifs is 18. The Balaban J connectivity index is 0.000000138. The molecular formula is C70H69BrF4NaO14S4+. The first-order chi connectivity index (χ1) is 44.4. The molecule has 16 atom stereocenters. The van der Waals surface area contributed by atoms with Gasteiger partial charge in [-0.3, -0.25) is 23.7 Å². The van der Waals surface area contributed by atoms with Crippen LogP contribution in [0.5, 0.6) is 0 Å². The Kier molecular flexibility index (Phi) is 22.1. The minimum Gasteiger partial charge on any atom is -0.743 e. The normalized spacial score (nSPS) is 28.6. The fraction of sp³-hybridized carbons (Fsp3) is 0.371. The summed E-state index contributed by atoms with van der Waals surface area (Å²) in [4.78, 5) is 57.8.